The molecule has 15 heavy (non-hydrogen) atoms. The molecule has 0 atom stereocenters. The Kier molecular flexibility index (Phi) is 1.82. The summed E-state index contributed by atoms with van der Waals surface area (Å²) in [5.74, 6) is 0. The van der Waals surface area contributed by atoms with E-state index in [9.17, 15) is 20.2 Å². The van der Waals surface area contributed by atoms with Gasteiger partial charge >= 0.3 is 5.69 Å². The molecule has 1 aromatic heterocycles. The lowest BCUT2D eigenvalue weighted by Crippen LogP contribution is -1.93. The van der Waals surface area contributed by atoms with E-state index in [4.69, 9.17) is 0 Å². The highest BCUT2D eigenvalue weighted by Gasteiger charge is 2.20. The SMILES string of the molecule is O=[N+]([O-])c1cc([N+](=O)[O-])c2[nH]ncc2c1. The lowest BCUT2D eigenvalue weighted by atomic mass is 10.2. The molecule has 0 saturated carbocycles. The number of aromatic amines is 1. The summed E-state index contributed by atoms with van der Waals surface area (Å²) in [5.41, 5.74) is -0.488. The molecule has 8 nitrogen and oxygen atoms in total. The Bertz CT molecular complexity index is 561. The van der Waals surface area contributed by atoms with E-state index >= 15 is 0 Å². The quantitative estimate of drug-likeness (QED) is 0.591. The van der Waals surface area contributed by atoms with Crippen LogP contribution in [-0.2, 0) is 0 Å². The first kappa shape index (κ1) is 9.06. The van der Waals surface area contributed by atoms with Crippen molar-refractivity contribution in [3.8, 4) is 0 Å². The molecule has 0 unspecified atom stereocenters. The largest absolute Gasteiger partial charge is 0.301 e. The molecular formula is C7H4N4O4. The van der Waals surface area contributed by atoms with Gasteiger partial charge in [-0.1, -0.05) is 0 Å². The third-order valence-electron chi connectivity index (χ3n) is 1.92. The molecule has 2 rings (SSSR count). The molecule has 0 saturated heterocycles. The van der Waals surface area contributed by atoms with Gasteiger partial charge in [0.1, 0.15) is 5.52 Å². The number of nitro benzene ring substituents is 2. The number of nitro groups is 2. The summed E-state index contributed by atoms with van der Waals surface area (Å²) in [5, 5.41) is 27.5. The minimum atomic E-state index is -0.687. The molecule has 0 radical (unpaired) electrons. The van der Waals surface area contributed by atoms with Gasteiger partial charge in [-0.2, -0.15) is 5.10 Å². The Hall–Kier alpha value is -2.51. The Morgan fingerprint density at radius 3 is 2.53 bits per heavy atom. The van der Waals surface area contributed by atoms with E-state index in [1.807, 2.05) is 0 Å². The Morgan fingerprint density at radius 1 is 1.20 bits per heavy atom. The number of aromatic nitrogens is 2. The first-order valence-corrected chi connectivity index (χ1v) is 3.85. The number of benzene rings is 1. The van der Waals surface area contributed by atoms with E-state index in [-0.39, 0.29) is 16.9 Å². The molecular weight excluding hydrogens is 204 g/mol. The van der Waals surface area contributed by atoms with Gasteiger partial charge in [0.25, 0.3) is 5.69 Å². The van der Waals surface area contributed by atoms with Gasteiger partial charge in [-0.3, -0.25) is 25.3 Å². The molecule has 0 spiro atoms. The summed E-state index contributed by atoms with van der Waals surface area (Å²) < 4.78 is 0. The van der Waals surface area contributed by atoms with Crippen LogP contribution >= 0.6 is 0 Å². The van der Waals surface area contributed by atoms with Gasteiger partial charge in [0.15, 0.2) is 0 Å². The van der Waals surface area contributed by atoms with Gasteiger partial charge in [0.2, 0.25) is 0 Å². The molecule has 2 aromatic rings. The van der Waals surface area contributed by atoms with E-state index < -0.39 is 9.85 Å². The molecule has 0 bridgehead atoms. The highest BCUT2D eigenvalue weighted by Crippen LogP contribution is 2.28. The molecule has 0 aliphatic carbocycles. The van der Waals surface area contributed by atoms with Gasteiger partial charge < -0.3 is 0 Å². The molecule has 76 valence electrons. The highest BCUT2D eigenvalue weighted by atomic mass is 16.6. The van der Waals surface area contributed by atoms with Gasteiger partial charge in [0, 0.05) is 11.5 Å². The van der Waals surface area contributed by atoms with Crippen molar-refractivity contribution in [3.05, 3.63) is 38.6 Å². The van der Waals surface area contributed by atoms with Crippen molar-refractivity contribution in [2.75, 3.05) is 0 Å². The number of non-ortho nitro benzene ring substituents is 2. The number of H-pyrrole nitrogens is 1. The van der Waals surface area contributed by atoms with Gasteiger partial charge in [-0.25, -0.2) is 0 Å². The molecule has 1 N–H and O–H groups in total. The first-order valence-electron chi connectivity index (χ1n) is 3.85. The van der Waals surface area contributed by atoms with E-state index in [2.05, 4.69) is 10.2 Å². The average molecular weight is 208 g/mol. The van der Waals surface area contributed by atoms with Crippen LogP contribution in [0.2, 0.25) is 0 Å². The summed E-state index contributed by atoms with van der Waals surface area (Å²) in [7, 11) is 0. The fraction of sp³-hybridized carbons (Fsp3) is 0. The van der Waals surface area contributed by atoms with Crippen molar-refractivity contribution >= 4 is 22.3 Å². The maximum atomic E-state index is 10.6. The normalized spacial score (nSPS) is 10.4. The number of rotatable bonds is 2. The molecule has 0 aliphatic heterocycles. The summed E-state index contributed by atoms with van der Waals surface area (Å²) in [6.45, 7) is 0. The lowest BCUT2D eigenvalue weighted by Gasteiger charge is -1.94. The van der Waals surface area contributed by atoms with Crippen LogP contribution < -0.4 is 0 Å². The maximum absolute atomic E-state index is 10.6. The monoisotopic (exact) mass is 208 g/mol. The van der Waals surface area contributed by atoms with Crippen molar-refractivity contribution in [2.24, 2.45) is 0 Å². The molecule has 0 aliphatic rings. The predicted octanol–water partition coefficient (Wildman–Crippen LogP) is 1.38. The summed E-state index contributed by atoms with van der Waals surface area (Å²) in [6.07, 6.45) is 1.30. The van der Waals surface area contributed by atoms with E-state index in [0.29, 0.717) is 5.39 Å². The maximum Gasteiger partial charge on any atom is 0.301 e. The average Bonchev–Trinajstić information content (AvgIpc) is 2.62. The van der Waals surface area contributed by atoms with Crippen LogP contribution in [0.5, 0.6) is 0 Å². The minimum Gasteiger partial charge on any atom is -0.271 e. The van der Waals surface area contributed by atoms with Gasteiger partial charge in [0.05, 0.1) is 22.1 Å². The molecule has 0 amide bonds. The van der Waals surface area contributed by atoms with Crippen molar-refractivity contribution in [2.45, 2.75) is 0 Å². The first-order chi connectivity index (χ1) is 7.09. The van der Waals surface area contributed by atoms with E-state index in [0.717, 1.165) is 6.07 Å². The lowest BCUT2D eigenvalue weighted by molar-refractivity contribution is -0.393. The molecule has 8 heteroatoms. The summed E-state index contributed by atoms with van der Waals surface area (Å²) in [6, 6.07) is 2.13. The standard InChI is InChI=1S/C7H4N4O4/c12-10(13)5-1-4-3-8-9-7(4)6(2-5)11(14)15/h1-3H,(H,8,9). The number of hydrogen-bond acceptors (Lipinski definition) is 5. The fourth-order valence-electron chi connectivity index (χ4n) is 1.27. The number of fused-ring (bicyclic) bond motifs is 1. The zero-order chi connectivity index (χ0) is 11.0. The Morgan fingerprint density at radius 2 is 1.93 bits per heavy atom. The number of nitrogens with one attached hydrogen (secondary N) is 1. The van der Waals surface area contributed by atoms with Crippen molar-refractivity contribution in [1.82, 2.24) is 10.2 Å². The van der Waals surface area contributed by atoms with Crippen LogP contribution in [-0.4, -0.2) is 20.0 Å². The Labute approximate surface area is 81.8 Å². The van der Waals surface area contributed by atoms with Crippen LogP contribution in [0.25, 0.3) is 10.9 Å². The van der Waals surface area contributed by atoms with Crippen LogP contribution in [0.1, 0.15) is 0 Å². The number of nitrogens with zero attached hydrogens (tertiary/aromatic N) is 3. The summed E-state index contributed by atoms with van der Waals surface area (Å²) >= 11 is 0. The van der Waals surface area contributed by atoms with Crippen molar-refractivity contribution in [3.63, 3.8) is 0 Å². The predicted molar refractivity (Wildman–Crippen MR) is 49.4 cm³/mol. The third kappa shape index (κ3) is 1.37. The van der Waals surface area contributed by atoms with Crippen LogP contribution in [0.3, 0.4) is 0 Å². The third-order valence-corrected chi connectivity index (χ3v) is 1.92. The van der Waals surface area contributed by atoms with Crippen LogP contribution in [0, 0.1) is 20.2 Å². The smallest absolute Gasteiger partial charge is 0.271 e. The van der Waals surface area contributed by atoms with Gasteiger partial charge in [-0.05, 0) is 0 Å². The van der Waals surface area contributed by atoms with E-state index in [1.54, 1.807) is 0 Å². The van der Waals surface area contributed by atoms with Crippen LogP contribution in [0.4, 0.5) is 11.4 Å². The molecule has 1 aromatic carbocycles. The Balaban J connectivity index is 2.80. The van der Waals surface area contributed by atoms with Gasteiger partial charge in [-0.15, -0.1) is 0 Å². The highest BCUT2D eigenvalue weighted by molar-refractivity contribution is 5.89. The topological polar surface area (TPSA) is 115 Å². The van der Waals surface area contributed by atoms with E-state index in [1.165, 1.54) is 12.3 Å². The van der Waals surface area contributed by atoms with Crippen molar-refractivity contribution in [1.29, 1.82) is 0 Å². The minimum absolute atomic E-state index is 0.186. The number of hydrogen-bond donors (Lipinski definition) is 1. The molecule has 0 fully saturated rings. The fourth-order valence-corrected chi connectivity index (χ4v) is 1.27. The second kappa shape index (κ2) is 3.01. The molecule has 1 heterocycles. The zero-order valence-electron chi connectivity index (χ0n) is 7.21. The van der Waals surface area contributed by atoms with Crippen LogP contribution in [0.15, 0.2) is 18.3 Å². The second-order valence-electron chi connectivity index (χ2n) is 2.81. The zero-order valence-corrected chi connectivity index (χ0v) is 7.21. The second-order valence-corrected chi connectivity index (χ2v) is 2.81. The summed E-state index contributed by atoms with van der Waals surface area (Å²) in [4.78, 5) is 19.7. The van der Waals surface area contributed by atoms with Crippen molar-refractivity contribution < 1.29 is 9.85 Å².